The summed E-state index contributed by atoms with van der Waals surface area (Å²) in [7, 11) is 0. The van der Waals surface area contributed by atoms with E-state index in [1.54, 1.807) is 0 Å². The smallest absolute Gasteiger partial charge is 0.243 e. The molecular formula is C16H20N4O. The molecule has 21 heavy (non-hydrogen) atoms. The zero-order chi connectivity index (χ0) is 15.0. The van der Waals surface area contributed by atoms with Crippen molar-refractivity contribution in [1.29, 1.82) is 0 Å². The summed E-state index contributed by atoms with van der Waals surface area (Å²) in [5.74, 6) is 1.18. The van der Waals surface area contributed by atoms with Gasteiger partial charge in [-0.25, -0.2) is 0 Å². The molecule has 0 radical (unpaired) electrons. The van der Waals surface area contributed by atoms with Crippen molar-refractivity contribution < 1.29 is 4.52 Å². The third kappa shape index (κ3) is 2.69. The lowest BCUT2D eigenvalue weighted by atomic mass is 9.96. The van der Waals surface area contributed by atoms with Crippen molar-refractivity contribution in [2.24, 2.45) is 5.73 Å². The topological polar surface area (TPSA) is 80.7 Å². The first-order valence-electron chi connectivity index (χ1n) is 7.10. The maximum atomic E-state index is 6.22. The Hall–Kier alpha value is -2.14. The molecule has 0 aliphatic carbocycles. The van der Waals surface area contributed by atoms with Gasteiger partial charge in [0.15, 0.2) is 5.82 Å². The zero-order valence-corrected chi connectivity index (χ0v) is 12.6. The van der Waals surface area contributed by atoms with E-state index >= 15 is 0 Å². The normalized spacial score (nSPS) is 13.7. The Balaban J connectivity index is 1.83. The molecule has 0 saturated carbocycles. The second kappa shape index (κ2) is 5.00. The standard InChI is InChI=1S/C16H20N4O/c1-16(2,3)15-19-14(21-20-15)12(17)8-10-9-18-13-7-5-4-6-11(10)13/h4-7,9,12,18H,8,17H2,1-3H3/t12-/m1/s1. The minimum absolute atomic E-state index is 0.137. The van der Waals surface area contributed by atoms with Crippen LogP contribution in [0.15, 0.2) is 35.0 Å². The fourth-order valence-electron chi connectivity index (χ4n) is 2.32. The quantitative estimate of drug-likeness (QED) is 0.774. The van der Waals surface area contributed by atoms with Crippen molar-refractivity contribution >= 4 is 10.9 Å². The number of rotatable bonds is 3. The maximum absolute atomic E-state index is 6.22. The first-order chi connectivity index (χ1) is 9.95. The summed E-state index contributed by atoms with van der Waals surface area (Å²) in [4.78, 5) is 7.68. The first kappa shape index (κ1) is 13.8. The number of fused-ring (bicyclic) bond motifs is 1. The number of benzene rings is 1. The number of para-hydroxylation sites is 1. The molecule has 1 atom stereocenters. The number of H-pyrrole nitrogens is 1. The van der Waals surface area contributed by atoms with Gasteiger partial charge in [-0.2, -0.15) is 4.98 Å². The Bertz CT molecular complexity index is 751. The molecule has 0 aliphatic rings. The summed E-state index contributed by atoms with van der Waals surface area (Å²) < 4.78 is 5.32. The predicted molar refractivity (Wildman–Crippen MR) is 81.9 cm³/mol. The summed E-state index contributed by atoms with van der Waals surface area (Å²) in [6, 6.07) is 7.87. The Labute approximate surface area is 123 Å². The fraction of sp³-hybridized carbons (Fsp3) is 0.375. The summed E-state index contributed by atoms with van der Waals surface area (Å²) in [5, 5.41) is 5.21. The van der Waals surface area contributed by atoms with E-state index in [1.165, 1.54) is 5.39 Å². The lowest BCUT2D eigenvalue weighted by molar-refractivity contribution is 0.343. The van der Waals surface area contributed by atoms with Crippen LogP contribution in [0.4, 0.5) is 0 Å². The highest BCUT2D eigenvalue weighted by atomic mass is 16.5. The van der Waals surface area contributed by atoms with Crippen LogP contribution in [0.1, 0.15) is 44.1 Å². The lowest BCUT2D eigenvalue weighted by Gasteiger charge is -2.11. The van der Waals surface area contributed by atoms with Gasteiger partial charge in [-0.3, -0.25) is 0 Å². The van der Waals surface area contributed by atoms with Gasteiger partial charge in [-0.1, -0.05) is 44.1 Å². The van der Waals surface area contributed by atoms with Gasteiger partial charge in [0.25, 0.3) is 0 Å². The largest absolute Gasteiger partial charge is 0.361 e. The van der Waals surface area contributed by atoms with E-state index in [2.05, 4.69) is 27.3 Å². The predicted octanol–water partition coefficient (Wildman–Crippen LogP) is 3.09. The summed E-state index contributed by atoms with van der Waals surface area (Å²) >= 11 is 0. The molecule has 0 bridgehead atoms. The molecule has 0 unspecified atom stereocenters. The van der Waals surface area contributed by atoms with Crippen LogP contribution in [0.2, 0.25) is 0 Å². The molecule has 2 aromatic heterocycles. The van der Waals surface area contributed by atoms with E-state index in [0.717, 1.165) is 11.1 Å². The third-order valence-electron chi connectivity index (χ3n) is 3.54. The van der Waals surface area contributed by atoms with Crippen LogP contribution in [0.25, 0.3) is 10.9 Å². The van der Waals surface area contributed by atoms with Gasteiger partial charge in [0.05, 0.1) is 6.04 Å². The molecule has 5 heteroatoms. The highest BCUT2D eigenvalue weighted by molar-refractivity contribution is 5.83. The minimum Gasteiger partial charge on any atom is -0.361 e. The van der Waals surface area contributed by atoms with Crippen LogP contribution in [-0.4, -0.2) is 15.1 Å². The third-order valence-corrected chi connectivity index (χ3v) is 3.54. The van der Waals surface area contributed by atoms with Gasteiger partial charge in [0, 0.05) is 22.5 Å². The van der Waals surface area contributed by atoms with Crippen LogP contribution in [0.5, 0.6) is 0 Å². The van der Waals surface area contributed by atoms with Crippen LogP contribution in [-0.2, 0) is 11.8 Å². The molecule has 110 valence electrons. The van der Waals surface area contributed by atoms with Crippen LogP contribution in [0.3, 0.4) is 0 Å². The van der Waals surface area contributed by atoms with Crippen LogP contribution >= 0.6 is 0 Å². The monoisotopic (exact) mass is 284 g/mol. The fourth-order valence-corrected chi connectivity index (χ4v) is 2.32. The molecule has 0 aliphatic heterocycles. The second-order valence-corrected chi connectivity index (χ2v) is 6.38. The van der Waals surface area contributed by atoms with E-state index in [0.29, 0.717) is 18.1 Å². The minimum atomic E-state index is -0.298. The van der Waals surface area contributed by atoms with E-state index in [9.17, 15) is 0 Å². The molecule has 0 spiro atoms. The zero-order valence-electron chi connectivity index (χ0n) is 12.6. The molecule has 3 rings (SSSR count). The number of nitrogens with two attached hydrogens (primary N) is 1. The molecule has 2 heterocycles. The molecule has 0 saturated heterocycles. The number of hydrogen-bond donors (Lipinski definition) is 2. The van der Waals surface area contributed by atoms with Crippen LogP contribution in [0, 0.1) is 0 Å². The van der Waals surface area contributed by atoms with E-state index in [4.69, 9.17) is 10.3 Å². The van der Waals surface area contributed by atoms with Crippen molar-refractivity contribution in [2.75, 3.05) is 0 Å². The van der Waals surface area contributed by atoms with Crippen molar-refractivity contribution in [3.8, 4) is 0 Å². The van der Waals surface area contributed by atoms with Crippen molar-refractivity contribution in [3.63, 3.8) is 0 Å². The molecule has 0 fully saturated rings. The van der Waals surface area contributed by atoms with Crippen molar-refractivity contribution in [1.82, 2.24) is 15.1 Å². The molecular weight excluding hydrogens is 264 g/mol. The van der Waals surface area contributed by atoms with Gasteiger partial charge in [-0.15, -0.1) is 0 Å². The number of aromatic amines is 1. The van der Waals surface area contributed by atoms with Gasteiger partial charge >= 0.3 is 0 Å². The summed E-state index contributed by atoms with van der Waals surface area (Å²) in [6.45, 7) is 6.15. The van der Waals surface area contributed by atoms with Gasteiger partial charge in [0.2, 0.25) is 5.89 Å². The Kier molecular flexibility index (Phi) is 3.29. The number of hydrogen-bond acceptors (Lipinski definition) is 4. The summed E-state index contributed by atoms with van der Waals surface area (Å²) in [6.07, 6.45) is 2.65. The molecule has 1 aromatic carbocycles. The number of aromatic nitrogens is 3. The van der Waals surface area contributed by atoms with E-state index < -0.39 is 0 Å². The molecule has 0 amide bonds. The number of nitrogens with zero attached hydrogens (tertiary/aromatic N) is 2. The average molecular weight is 284 g/mol. The highest BCUT2D eigenvalue weighted by Crippen LogP contribution is 2.24. The van der Waals surface area contributed by atoms with Gasteiger partial charge < -0.3 is 15.2 Å². The Morgan fingerprint density at radius 1 is 1.29 bits per heavy atom. The van der Waals surface area contributed by atoms with Gasteiger partial charge in [0.1, 0.15) is 0 Å². The second-order valence-electron chi connectivity index (χ2n) is 6.38. The Morgan fingerprint density at radius 3 is 2.76 bits per heavy atom. The SMILES string of the molecule is CC(C)(C)c1noc([C@H](N)Cc2c[nH]c3ccccc23)n1. The highest BCUT2D eigenvalue weighted by Gasteiger charge is 2.23. The first-order valence-corrected chi connectivity index (χ1v) is 7.10. The van der Waals surface area contributed by atoms with Gasteiger partial charge in [-0.05, 0) is 18.1 Å². The molecule has 3 aromatic rings. The van der Waals surface area contributed by atoms with Crippen molar-refractivity contribution in [2.45, 2.75) is 38.6 Å². The summed E-state index contributed by atoms with van der Waals surface area (Å²) in [5.41, 5.74) is 8.36. The lowest BCUT2D eigenvalue weighted by Crippen LogP contribution is -2.16. The molecule has 5 nitrogen and oxygen atoms in total. The Morgan fingerprint density at radius 2 is 2.05 bits per heavy atom. The van der Waals surface area contributed by atoms with E-state index in [-0.39, 0.29) is 11.5 Å². The number of nitrogens with one attached hydrogen (secondary N) is 1. The maximum Gasteiger partial charge on any atom is 0.243 e. The van der Waals surface area contributed by atoms with Crippen LogP contribution < -0.4 is 5.73 Å². The average Bonchev–Trinajstić information content (AvgIpc) is 3.05. The molecule has 3 N–H and O–H groups in total. The van der Waals surface area contributed by atoms with E-state index in [1.807, 2.05) is 39.1 Å². The van der Waals surface area contributed by atoms with Crippen molar-refractivity contribution in [3.05, 3.63) is 47.7 Å².